The molecule has 0 radical (unpaired) electrons. The molecular weight excluding hydrogens is 384 g/mol. The number of likely N-dealkylation sites (tertiary alicyclic amines) is 1. The zero-order chi connectivity index (χ0) is 19.6. The molecule has 0 N–H and O–H groups in total. The van der Waals surface area contributed by atoms with E-state index < -0.39 is 0 Å². The van der Waals surface area contributed by atoms with E-state index in [9.17, 15) is 4.79 Å². The average molecular weight is 409 g/mol. The molecule has 2 aromatic heterocycles. The molecule has 0 bridgehead atoms. The van der Waals surface area contributed by atoms with Gasteiger partial charge in [0.1, 0.15) is 5.01 Å². The van der Waals surface area contributed by atoms with Crippen LogP contribution in [-0.2, 0) is 4.79 Å². The molecule has 0 unspecified atom stereocenters. The highest BCUT2D eigenvalue weighted by molar-refractivity contribution is 7.18. The first-order chi connectivity index (χ1) is 14.3. The van der Waals surface area contributed by atoms with Crippen LogP contribution in [0.4, 0.5) is 5.95 Å². The SMILES string of the molecule is O=C(CN1CCC[C@H]1c1nc2ccccc2s1)N1CCN(c2ncccn2)CC1. The van der Waals surface area contributed by atoms with Crippen molar-refractivity contribution in [1.29, 1.82) is 0 Å². The molecule has 8 heteroatoms. The summed E-state index contributed by atoms with van der Waals surface area (Å²) in [5.74, 6) is 0.960. The number of aromatic nitrogens is 3. The fourth-order valence-electron chi connectivity index (χ4n) is 4.21. The van der Waals surface area contributed by atoms with E-state index in [0.29, 0.717) is 6.54 Å². The van der Waals surface area contributed by atoms with Gasteiger partial charge < -0.3 is 9.80 Å². The largest absolute Gasteiger partial charge is 0.338 e. The van der Waals surface area contributed by atoms with Gasteiger partial charge in [0.05, 0.1) is 22.8 Å². The third kappa shape index (κ3) is 3.82. The van der Waals surface area contributed by atoms with Gasteiger partial charge in [-0.3, -0.25) is 9.69 Å². The third-order valence-electron chi connectivity index (χ3n) is 5.76. The minimum absolute atomic E-state index is 0.214. The molecule has 0 saturated carbocycles. The van der Waals surface area contributed by atoms with E-state index in [2.05, 4.69) is 38.0 Å². The maximum Gasteiger partial charge on any atom is 0.236 e. The number of hydrogen-bond acceptors (Lipinski definition) is 7. The highest BCUT2D eigenvalue weighted by atomic mass is 32.1. The van der Waals surface area contributed by atoms with Crippen LogP contribution in [0, 0.1) is 0 Å². The second kappa shape index (κ2) is 8.04. The van der Waals surface area contributed by atoms with Gasteiger partial charge in [0.2, 0.25) is 11.9 Å². The molecule has 1 atom stereocenters. The zero-order valence-corrected chi connectivity index (χ0v) is 17.1. The minimum atomic E-state index is 0.214. The molecule has 0 aliphatic carbocycles. The molecule has 150 valence electrons. The van der Waals surface area contributed by atoms with E-state index >= 15 is 0 Å². The second-order valence-electron chi connectivity index (χ2n) is 7.56. The number of hydrogen-bond donors (Lipinski definition) is 0. The number of carbonyl (C=O) groups is 1. The quantitative estimate of drug-likeness (QED) is 0.661. The molecule has 2 fully saturated rings. The molecular formula is C21H24N6OS. The number of carbonyl (C=O) groups excluding carboxylic acids is 1. The Hall–Kier alpha value is -2.58. The summed E-state index contributed by atoms with van der Waals surface area (Å²) in [6.07, 6.45) is 5.71. The van der Waals surface area contributed by atoms with E-state index in [1.54, 1.807) is 23.7 Å². The van der Waals surface area contributed by atoms with Crippen molar-refractivity contribution in [2.24, 2.45) is 0 Å². The molecule has 1 aromatic carbocycles. The van der Waals surface area contributed by atoms with Crippen LogP contribution in [0.2, 0.25) is 0 Å². The number of para-hydroxylation sites is 1. The van der Waals surface area contributed by atoms with E-state index in [1.165, 1.54) is 4.70 Å². The highest BCUT2D eigenvalue weighted by Gasteiger charge is 2.32. The maximum atomic E-state index is 13.0. The number of thiazole rings is 1. The molecule has 5 rings (SSSR count). The summed E-state index contributed by atoms with van der Waals surface area (Å²) >= 11 is 1.76. The first-order valence-corrected chi connectivity index (χ1v) is 11.0. The molecule has 2 saturated heterocycles. The Morgan fingerprint density at radius 1 is 1.03 bits per heavy atom. The fraction of sp³-hybridized carbons (Fsp3) is 0.429. The molecule has 1 amide bonds. The average Bonchev–Trinajstić information content (AvgIpc) is 3.41. The lowest BCUT2D eigenvalue weighted by molar-refractivity contribution is -0.133. The summed E-state index contributed by atoms with van der Waals surface area (Å²) < 4.78 is 1.22. The summed E-state index contributed by atoms with van der Waals surface area (Å²) in [4.78, 5) is 32.9. The van der Waals surface area contributed by atoms with Gasteiger partial charge in [-0.05, 0) is 37.6 Å². The van der Waals surface area contributed by atoms with Gasteiger partial charge in [-0.25, -0.2) is 15.0 Å². The van der Waals surface area contributed by atoms with Gasteiger partial charge in [-0.2, -0.15) is 0 Å². The van der Waals surface area contributed by atoms with Gasteiger partial charge in [-0.15, -0.1) is 11.3 Å². The summed E-state index contributed by atoms with van der Waals surface area (Å²) in [5, 5.41) is 1.14. The molecule has 4 heterocycles. The first kappa shape index (κ1) is 18.4. The topological polar surface area (TPSA) is 65.5 Å². The summed E-state index contributed by atoms with van der Waals surface area (Å²) in [5.41, 5.74) is 1.06. The number of amides is 1. The van der Waals surface area contributed by atoms with E-state index in [-0.39, 0.29) is 11.9 Å². The third-order valence-corrected chi connectivity index (χ3v) is 6.90. The number of anilines is 1. The van der Waals surface area contributed by atoms with Crippen LogP contribution in [0.1, 0.15) is 23.9 Å². The molecule has 2 aliphatic heterocycles. The van der Waals surface area contributed by atoms with Crippen molar-refractivity contribution < 1.29 is 4.79 Å². The molecule has 0 spiro atoms. The monoisotopic (exact) mass is 408 g/mol. The van der Waals surface area contributed by atoms with E-state index in [0.717, 1.165) is 62.0 Å². The van der Waals surface area contributed by atoms with Gasteiger partial charge >= 0.3 is 0 Å². The Kier molecular flexibility index (Phi) is 5.12. The Balaban J connectivity index is 1.21. The Bertz CT molecular complexity index is 952. The Labute approximate surface area is 174 Å². The highest BCUT2D eigenvalue weighted by Crippen LogP contribution is 2.36. The fourth-order valence-corrected chi connectivity index (χ4v) is 5.35. The number of piperazine rings is 1. The van der Waals surface area contributed by atoms with E-state index in [1.807, 2.05) is 17.0 Å². The molecule has 3 aromatic rings. The van der Waals surface area contributed by atoms with Crippen molar-refractivity contribution in [2.45, 2.75) is 18.9 Å². The number of rotatable bonds is 4. The predicted molar refractivity (Wildman–Crippen MR) is 114 cm³/mol. The van der Waals surface area contributed by atoms with Crippen LogP contribution in [0.3, 0.4) is 0 Å². The van der Waals surface area contributed by atoms with Crippen LogP contribution < -0.4 is 4.90 Å². The van der Waals surface area contributed by atoms with Crippen molar-refractivity contribution in [3.8, 4) is 0 Å². The molecule has 29 heavy (non-hydrogen) atoms. The van der Waals surface area contributed by atoms with Crippen LogP contribution >= 0.6 is 11.3 Å². The Morgan fingerprint density at radius 2 is 1.83 bits per heavy atom. The van der Waals surface area contributed by atoms with Gasteiger partial charge in [-0.1, -0.05) is 12.1 Å². The standard InChI is InChI=1S/C21H24N6OS/c28-19(25-11-13-26(14-12-25)21-22-8-4-9-23-21)15-27-10-3-6-17(27)20-24-16-5-1-2-7-18(16)29-20/h1-2,4-5,7-9,17H,3,6,10-15H2/t17-/m0/s1. The van der Waals surface area contributed by atoms with Gasteiger partial charge in [0.15, 0.2) is 0 Å². The van der Waals surface area contributed by atoms with Crippen molar-refractivity contribution in [2.75, 3.05) is 44.2 Å². The number of benzene rings is 1. The predicted octanol–water partition coefficient (Wildman–Crippen LogP) is 2.57. The lowest BCUT2D eigenvalue weighted by Gasteiger charge is -2.35. The second-order valence-corrected chi connectivity index (χ2v) is 8.63. The summed E-state index contributed by atoms with van der Waals surface area (Å²) in [7, 11) is 0. The van der Waals surface area contributed by atoms with Crippen molar-refractivity contribution >= 4 is 33.4 Å². The smallest absolute Gasteiger partial charge is 0.236 e. The minimum Gasteiger partial charge on any atom is -0.338 e. The van der Waals surface area contributed by atoms with Crippen LogP contribution in [0.5, 0.6) is 0 Å². The van der Waals surface area contributed by atoms with Crippen LogP contribution in [-0.4, -0.2) is 69.9 Å². The molecule has 2 aliphatic rings. The van der Waals surface area contributed by atoms with Gasteiger partial charge in [0, 0.05) is 38.6 Å². The van der Waals surface area contributed by atoms with E-state index in [4.69, 9.17) is 4.98 Å². The first-order valence-electron chi connectivity index (χ1n) is 10.2. The lowest BCUT2D eigenvalue weighted by Crippen LogP contribution is -2.51. The lowest BCUT2D eigenvalue weighted by atomic mass is 10.2. The number of fused-ring (bicyclic) bond motifs is 1. The molecule has 7 nitrogen and oxygen atoms in total. The van der Waals surface area contributed by atoms with Crippen molar-refractivity contribution in [1.82, 2.24) is 24.8 Å². The Morgan fingerprint density at radius 3 is 2.62 bits per heavy atom. The van der Waals surface area contributed by atoms with Crippen LogP contribution in [0.15, 0.2) is 42.7 Å². The van der Waals surface area contributed by atoms with Gasteiger partial charge in [0.25, 0.3) is 0 Å². The zero-order valence-electron chi connectivity index (χ0n) is 16.3. The summed E-state index contributed by atoms with van der Waals surface area (Å²) in [6.45, 7) is 4.42. The summed E-state index contributed by atoms with van der Waals surface area (Å²) in [6, 6.07) is 10.4. The maximum absolute atomic E-state index is 13.0. The van der Waals surface area contributed by atoms with Crippen molar-refractivity contribution in [3.63, 3.8) is 0 Å². The van der Waals surface area contributed by atoms with Crippen LogP contribution in [0.25, 0.3) is 10.2 Å². The normalized spacial score (nSPS) is 20.5. The van der Waals surface area contributed by atoms with Crippen molar-refractivity contribution in [3.05, 3.63) is 47.7 Å². The number of nitrogens with zero attached hydrogens (tertiary/aromatic N) is 6.